The quantitative estimate of drug-likeness (QED) is 0.527. The van der Waals surface area contributed by atoms with Gasteiger partial charge in [-0.25, -0.2) is 13.6 Å². The first-order valence-corrected chi connectivity index (χ1v) is 9.34. The molecule has 1 atom stereocenters. The molecule has 10 heteroatoms. The van der Waals surface area contributed by atoms with E-state index in [9.17, 15) is 23.2 Å². The predicted molar refractivity (Wildman–Crippen MR) is 104 cm³/mol. The minimum absolute atomic E-state index is 0.0521. The van der Waals surface area contributed by atoms with Gasteiger partial charge in [0, 0.05) is 25.3 Å². The minimum atomic E-state index is -1.06. The van der Waals surface area contributed by atoms with Crippen molar-refractivity contribution in [1.82, 2.24) is 20.9 Å². The van der Waals surface area contributed by atoms with Crippen molar-refractivity contribution in [2.75, 3.05) is 31.9 Å². The second-order valence-electron chi connectivity index (χ2n) is 8.06. The Morgan fingerprint density at radius 3 is 2.45 bits per heavy atom. The number of benzene rings is 1. The third-order valence-corrected chi connectivity index (χ3v) is 4.64. The van der Waals surface area contributed by atoms with Crippen molar-refractivity contribution in [3.63, 3.8) is 0 Å². The molecule has 4 amide bonds. The Morgan fingerprint density at radius 2 is 1.90 bits per heavy atom. The fourth-order valence-electron chi connectivity index (χ4n) is 2.91. The average molecular weight is 411 g/mol. The molecule has 2 rings (SSSR count). The van der Waals surface area contributed by atoms with Gasteiger partial charge in [-0.15, -0.1) is 0 Å². The maximum atomic E-state index is 13.9. The van der Waals surface area contributed by atoms with Crippen LogP contribution >= 0.6 is 0 Å². The highest BCUT2D eigenvalue weighted by atomic mass is 19.1. The molecule has 1 saturated heterocycles. The summed E-state index contributed by atoms with van der Waals surface area (Å²) in [5.41, 5.74) is 4.03. The van der Waals surface area contributed by atoms with Gasteiger partial charge in [0.1, 0.15) is 23.7 Å². The summed E-state index contributed by atoms with van der Waals surface area (Å²) in [6.45, 7) is 6.43. The molecule has 1 aliphatic rings. The SMILES string of the molecule is CC(C)(C)C(CNC(=O)c1c(F)cc(N)cc1F)NC(=O)CN1CCCNC1=O. The Bertz CT molecular complexity index is 772. The van der Waals surface area contributed by atoms with Crippen molar-refractivity contribution in [3.8, 4) is 0 Å². The van der Waals surface area contributed by atoms with Crippen LogP contribution in [0.15, 0.2) is 12.1 Å². The van der Waals surface area contributed by atoms with Gasteiger partial charge in [-0.05, 0) is 24.0 Å². The summed E-state index contributed by atoms with van der Waals surface area (Å²) in [5, 5.41) is 7.91. The maximum absolute atomic E-state index is 13.9. The van der Waals surface area contributed by atoms with E-state index >= 15 is 0 Å². The lowest BCUT2D eigenvalue weighted by molar-refractivity contribution is -0.123. The number of halogens is 2. The molecule has 29 heavy (non-hydrogen) atoms. The number of carbonyl (C=O) groups excluding carboxylic acids is 3. The lowest BCUT2D eigenvalue weighted by Gasteiger charge is -2.33. The average Bonchev–Trinajstić information content (AvgIpc) is 2.58. The molecule has 1 fully saturated rings. The van der Waals surface area contributed by atoms with Crippen LogP contribution in [0, 0.1) is 17.0 Å². The van der Waals surface area contributed by atoms with Gasteiger partial charge in [-0.3, -0.25) is 9.59 Å². The zero-order valence-corrected chi connectivity index (χ0v) is 16.8. The number of nitrogens with one attached hydrogen (secondary N) is 3. The molecular weight excluding hydrogens is 384 g/mol. The number of hydrogen-bond donors (Lipinski definition) is 4. The van der Waals surface area contributed by atoms with E-state index in [4.69, 9.17) is 5.73 Å². The number of nitrogens with zero attached hydrogens (tertiary/aromatic N) is 1. The standard InChI is InChI=1S/C19H27F2N5O3/c1-19(2,3)14(25-15(27)10-26-6-4-5-23-18(26)29)9-24-17(28)16-12(20)7-11(22)8-13(16)21/h7-8,14H,4-6,9-10,22H2,1-3H3,(H,23,29)(H,24,28)(H,25,27). The van der Waals surface area contributed by atoms with Gasteiger partial charge >= 0.3 is 6.03 Å². The second-order valence-corrected chi connectivity index (χ2v) is 8.06. The zero-order chi connectivity index (χ0) is 21.8. The molecule has 1 heterocycles. The monoisotopic (exact) mass is 411 g/mol. The van der Waals surface area contributed by atoms with Crippen LogP contribution in [0.5, 0.6) is 0 Å². The van der Waals surface area contributed by atoms with Crippen molar-refractivity contribution >= 4 is 23.5 Å². The molecule has 8 nitrogen and oxygen atoms in total. The summed E-state index contributed by atoms with van der Waals surface area (Å²) in [4.78, 5) is 37.8. The van der Waals surface area contributed by atoms with Crippen molar-refractivity contribution < 1.29 is 23.2 Å². The molecule has 0 spiro atoms. The zero-order valence-electron chi connectivity index (χ0n) is 16.8. The van der Waals surface area contributed by atoms with Crippen LogP contribution in [0.25, 0.3) is 0 Å². The highest BCUT2D eigenvalue weighted by Gasteiger charge is 2.29. The number of rotatable bonds is 6. The van der Waals surface area contributed by atoms with Crippen LogP contribution in [0.1, 0.15) is 37.6 Å². The lowest BCUT2D eigenvalue weighted by atomic mass is 9.86. The van der Waals surface area contributed by atoms with Gasteiger partial charge < -0.3 is 26.6 Å². The number of hydrogen-bond acceptors (Lipinski definition) is 4. The maximum Gasteiger partial charge on any atom is 0.317 e. The number of amides is 4. The largest absolute Gasteiger partial charge is 0.399 e. The van der Waals surface area contributed by atoms with Crippen LogP contribution in [0.3, 0.4) is 0 Å². The van der Waals surface area contributed by atoms with E-state index in [2.05, 4.69) is 16.0 Å². The summed E-state index contributed by atoms with van der Waals surface area (Å²) in [7, 11) is 0. The Morgan fingerprint density at radius 1 is 1.28 bits per heavy atom. The first-order chi connectivity index (χ1) is 13.5. The van der Waals surface area contributed by atoms with Gasteiger partial charge in [-0.2, -0.15) is 0 Å². The second kappa shape index (κ2) is 9.06. The third kappa shape index (κ3) is 6.03. The molecule has 1 aromatic carbocycles. The normalized spacial score (nSPS) is 15.5. The molecule has 5 N–H and O–H groups in total. The Labute approximate surface area is 168 Å². The van der Waals surface area contributed by atoms with Crippen LogP contribution < -0.4 is 21.7 Å². The van der Waals surface area contributed by atoms with E-state index in [0.29, 0.717) is 13.1 Å². The van der Waals surface area contributed by atoms with Crippen molar-refractivity contribution in [1.29, 1.82) is 0 Å². The molecule has 0 aromatic heterocycles. The third-order valence-electron chi connectivity index (χ3n) is 4.64. The number of nitrogens with two attached hydrogens (primary N) is 1. The lowest BCUT2D eigenvalue weighted by Crippen LogP contribution is -2.55. The van der Waals surface area contributed by atoms with Crippen molar-refractivity contribution in [2.45, 2.75) is 33.2 Å². The van der Waals surface area contributed by atoms with Crippen LogP contribution in [-0.2, 0) is 4.79 Å². The van der Waals surface area contributed by atoms with Gasteiger partial charge in [-0.1, -0.05) is 20.8 Å². The number of anilines is 1. The molecule has 0 radical (unpaired) electrons. The molecule has 160 valence electrons. The summed E-state index contributed by atoms with van der Waals surface area (Å²) in [6, 6.07) is 0.892. The summed E-state index contributed by atoms with van der Waals surface area (Å²) in [5.74, 6) is -3.46. The summed E-state index contributed by atoms with van der Waals surface area (Å²) in [6.07, 6.45) is 0.747. The van der Waals surface area contributed by atoms with E-state index in [1.54, 1.807) is 0 Å². The predicted octanol–water partition coefficient (Wildman–Crippen LogP) is 1.22. The Hall–Kier alpha value is -2.91. The highest BCUT2D eigenvalue weighted by molar-refractivity contribution is 5.95. The summed E-state index contributed by atoms with van der Waals surface area (Å²) >= 11 is 0. The van der Waals surface area contributed by atoms with Gasteiger partial charge in [0.05, 0.1) is 6.04 Å². The number of carbonyl (C=O) groups is 3. The van der Waals surface area contributed by atoms with Crippen molar-refractivity contribution in [2.24, 2.45) is 5.41 Å². The number of nitrogen functional groups attached to an aromatic ring is 1. The molecular formula is C19H27F2N5O3. The van der Waals surface area contributed by atoms with Crippen LogP contribution in [-0.4, -0.2) is 55.0 Å². The fourth-order valence-corrected chi connectivity index (χ4v) is 2.91. The van der Waals surface area contributed by atoms with Crippen molar-refractivity contribution in [3.05, 3.63) is 29.3 Å². The Kier molecular flexibility index (Phi) is 6.99. The summed E-state index contributed by atoms with van der Waals surface area (Å²) < 4.78 is 27.9. The van der Waals surface area contributed by atoms with Gasteiger partial charge in [0.15, 0.2) is 0 Å². The van der Waals surface area contributed by atoms with Gasteiger partial charge in [0.25, 0.3) is 5.91 Å². The first kappa shape index (κ1) is 22.4. The molecule has 0 aliphatic carbocycles. The van der Waals surface area contributed by atoms with Crippen LogP contribution in [0.4, 0.5) is 19.3 Å². The van der Waals surface area contributed by atoms with E-state index < -0.39 is 34.6 Å². The van der Waals surface area contributed by atoms with E-state index in [1.807, 2.05) is 20.8 Å². The molecule has 0 saturated carbocycles. The van der Waals surface area contributed by atoms with Crippen LogP contribution in [0.2, 0.25) is 0 Å². The topological polar surface area (TPSA) is 117 Å². The smallest absolute Gasteiger partial charge is 0.317 e. The minimum Gasteiger partial charge on any atom is -0.399 e. The van der Waals surface area contributed by atoms with E-state index in [0.717, 1.165) is 18.6 Å². The first-order valence-electron chi connectivity index (χ1n) is 9.34. The number of urea groups is 1. The highest BCUT2D eigenvalue weighted by Crippen LogP contribution is 2.20. The van der Waals surface area contributed by atoms with E-state index in [-0.39, 0.29) is 30.7 Å². The molecule has 1 aromatic rings. The van der Waals surface area contributed by atoms with E-state index in [1.165, 1.54) is 4.90 Å². The molecule has 1 unspecified atom stereocenters. The molecule has 1 aliphatic heterocycles. The van der Waals surface area contributed by atoms with Gasteiger partial charge in [0.2, 0.25) is 5.91 Å². The molecule has 0 bridgehead atoms. The Balaban J connectivity index is 2.01. The fraction of sp³-hybridized carbons (Fsp3) is 0.526.